The second-order valence-corrected chi connectivity index (χ2v) is 18.2. The summed E-state index contributed by atoms with van der Waals surface area (Å²) in [5.41, 5.74) is 0. The minimum absolute atomic E-state index is 0.337. The van der Waals surface area contributed by atoms with E-state index in [-0.39, 0.29) is 11.9 Å². The van der Waals surface area contributed by atoms with Crippen LogP contribution < -0.4 is 0 Å². The van der Waals surface area contributed by atoms with Crippen LogP contribution in [0.15, 0.2) is 0 Å². The van der Waals surface area contributed by atoms with Gasteiger partial charge in [0.1, 0.15) is 37.6 Å². The molecule has 348 valence electrons. The van der Waals surface area contributed by atoms with E-state index < -0.39 is 24.4 Å². The maximum absolute atomic E-state index is 11.9. The van der Waals surface area contributed by atoms with E-state index in [4.69, 9.17) is 47.4 Å². The highest BCUT2D eigenvalue weighted by Crippen LogP contribution is 2.34. The van der Waals surface area contributed by atoms with Crippen molar-refractivity contribution in [2.24, 2.45) is 11.8 Å². The van der Waals surface area contributed by atoms with E-state index >= 15 is 0 Å². The van der Waals surface area contributed by atoms with Crippen molar-refractivity contribution >= 4 is 11.9 Å². The van der Waals surface area contributed by atoms with Crippen LogP contribution in [0.25, 0.3) is 0 Å². The summed E-state index contributed by atoms with van der Waals surface area (Å²) in [6.07, 6.45) is 37.0. The fourth-order valence-corrected chi connectivity index (χ4v) is 7.61. The van der Waals surface area contributed by atoms with Crippen molar-refractivity contribution in [3.8, 4) is 0 Å². The molecule has 0 N–H and O–H groups in total. The van der Waals surface area contributed by atoms with Crippen LogP contribution in [0.3, 0.4) is 0 Å². The number of hydrogen-bond acceptors (Lipinski definition) is 12. The first kappa shape index (κ1) is 49.6. The van der Waals surface area contributed by atoms with E-state index in [9.17, 15) is 9.59 Å². The van der Waals surface area contributed by atoms with Gasteiger partial charge in [0.25, 0.3) is 0 Å². The summed E-state index contributed by atoms with van der Waals surface area (Å²) in [6, 6.07) is 0. The van der Waals surface area contributed by atoms with E-state index in [1.807, 2.05) is 0 Å². The summed E-state index contributed by atoms with van der Waals surface area (Å²) >= 11 is 0. The van der Waals surface area contributed by atoms with Crippen molar-refractivity contribution in [3.05, 3.63) is 0 Å². The normalized spacial score (nSPS) is 31.4. The molecule has 1 saturated carbocycles. The van der Waals surface area contributed by atoms with Gasteiger partial charge in [-0.2, -0.15) is 0 Å². The molecule has 10 unspecified atom stereocenters. The third-order valence-electron chi connectivity index (χ3n) is 12.3. The standard InChI is InChI=1S/2C14H28O.C12H16O6.2C4H6O2/c2*1-2-3-4-5-6-7-8-9-10-11-12-14-13-15-14;13-11(17-9-5-15-9)7-3-1-2-4-8(7)12(14)18-10-6-16-10;2*1-3(5-1)4-2-6-4/h2*14H,2-13H2,1H3;7-10H,1-6H2;2*3-4H,1-2H2. The summed E-state index contributed by atoms with van der Waals surface area (Å²) < 4.78 is 49.9. The summed E-state index contributed by atoms with van der Waals surface area (Å²) in [7, 11) is 0. The Balaban J connectivity index is 0.000000150. The van der Waals surface area contributed by atoms with Crippen LogP contribution in [0.4, 0.5) is 0 Å². The Morgan fingerprint density at radius 1 is 0.383 bits per heavy atom. The highest BCUT2D eigenvalue weighted by Gasteiger charge is 2.43. The monoisotopic (exact) mass is 853 g/mol. The lowest BCUT2D eigenvalue weighted by Crippen LogP contribution is -2.35. The fraction of sp³-hybridized carbons (Fsp3) is 0.958. The van der Waals surface area contributed by atoms with Crippen molar-refractivity contribution in [1.82, 2.24) is 0 Å². The van der Waals surface area contributed by atoms with Gasteiger partial charge in [0.15, 0.2) is 0 Å². The lowest BCUT2D eigenvalue weighted by atomic mass is 9.79. The van der Waals surface area contributed by atoms with Gasteiger partial charge < -0.3 is 47.4 Å². The number of epoxide rings is 8. The van der Waals surface area contributed by atoms with Crippen molar-refractivity contribution < 1.29 is 57.0 Å². The van der Waals surface area contributed by atoms with Crippen LogP contribution in [0.2, 0.25) is 0 Å². The number of rotatable bonds is 28. The zero-order chi connectivity index (χ0) is 42.0. The molecule has 0 aromatic carbocycles. The molecule has 9 aliphatic rings. The van der Waals surface area contributed by atoms with Gasteiger partial charge in [0.2, 0.25) is 12.6 Å². The Hall–Kier alpha value is -1.38. The molecule has 8 saturated heterocycles. The Bertz CT molecular complexity index is 1000. The van der Waals surface area contributed by atoms with Crippen LogP contribution in [-0.4, -0.2) is 114 Å². The number of ether oxygens (including phenoxy) is 10. The van der Waals surface area contributed by atoms with Crippen LogP contribution >= 0.6 is 0 Å². The highest BCUT2D eigenvalue weighted by atomic mass is 16.8. The van der Waals surface area contributed by atoms with Gasteiger partial charge in [-0.25, -0.2) is 0 Å². The summed E-state index contributed by atoms with van der Waals surface area (Å²) in [5.74, 6) is -1.46. The quantitative estimate of drug-likeness (QED) is 0.0419. The van der Waals surface area contributed by atoms with Crippen molar-refractivity contribution in [3.63, 3.8) is 0 Å². The lowest BCUT2D eigenvalue weighted by molar-refractivity contribution is -0.168. The highest BCUT2D eigenvalue weighted by molar-refractivity contribution is 5.82. The summed E-state index contributed by atoms with van der Waals surface area (Å²) in [4.78, 5) is 23.8. The fourth-order valence-electron chi connectivity index (χ4n) is 7.61. The minimum atomic E-state index is -0.400. The molecule has 10 atom stereocenters. The number of hydrogen-bond donors (Lipinski definition) is 0. The van der Waals surface area contributed by atoms with E-state index in [2.05, 4.69) is 13.8 Å². The topological polar surface area (TPSA) is 153 Å². The third-order valence-corrected chi connectivity index (χ3v) is 12.3. The molecule has 0 aromatic heterocycles. The number of carbonyl (C=O) groups excluding carboxylic acids is 2. The Morgan fingerprint density at radius 2 is 0.650 bits per heavy atom. The predicted octanol–water partition coefficient (Wildman–Crippen LogP) is 9.55. The SMILES string of the molecule is C1OC1C1CO1.C1OC1C1CO1.CCCCCCCCCCCCC1CO1.CCCCCCCCCCCCC1CO1.O=C(OC1CO1)C1CCCCC1C(=O)OC1CO1. The minimum Gasteiger partial charge on any atom is -0.433 e. The second kappa shape index (κ2) is 29.9. The average molecular weight is 853 g/mol. The van der Waals surface area contributed by atoms with Gasteiger partial charge in [-0.3, -0.25) is 9.59 Å². The molecule has 0 aromatic rings. The molecular weight excluding hydrogens is 769 g/mol. The molecule has 12 heteroatoms. The van der Waals surface area contributed by atoms with E-state index in [0.29, 0.717) is 62.7 Å². The van der Waals surface area contributed by atoms with Gasteiger partial charge in [0.05, 0.1) is 63.7 Å². The molecule has 0 bridgehead atoms. The van der Waals surface area contributed by atoms with Crippen LogP contribution in [-0.2, 0) is 57.0 Å². The van der Waals surface area contributed by atoms with Gasteiger partial charge in [-0.1, -0.05) is 155 Å². The smallest absolute Gasteiger partial charge is 0.312 e. The van der Waals surface area contributed by atoms with Crippen molar-refractivity contribution in [1.29, 1.82) is 0 Å². The van der Waals surface area contributed by atoms with E-state index in [1.165, 1.54) is 141 Å². The van der Waals surface area contributed by atoms with E-state index in [1.54, 1.807) is 0 Å². The first-order valence-corrected chi connectivity index (χ1v) is 24.9. The first-order chi connectivity index (χ1) is 29.5. The van der Waals surface area contributed by atoms with Gasteiger partial charge >= 0.3 is 11.9 Å². The van der Waals surface area contributed by atoms with Gasteiger partial charge in [0, 0.05) is 0 Å². The van der Waals surface area contributed by atoms with Crippen LogP contribution in [0.5, 0.6) is 0 Å². The molecule has 8 aliphatic heterocycles. The molecule has 8 heterocycles. The third kappa shape index (κ3) is 26.3. The van der Waals surface area contributed by atoms with Gasteiger partial charge in [-0.15, -0.1) is 0 Å². The maximum Gasteiger partial charge on any atom is 0.312 e. The van der Waals surface area contributed by atoms with Crippen molar-refractivity contribution in [2.75, 3.05) is 52.9 Å². The van der Waals surface area contributed by atoms with Gasteiger partial charge in [-0.05, 0) is 25.7 Å². The molecule has 12 nitrogen and oxygen atoms in total. The zero-order valence-corrected chi connectivity index (χ0v) is 37.7. The van der Waals surface area contributed by atoms with Crippen molar-refractivity contribution in [2.45, 2.75) is 230 Å². The first-order valence-electron chi connectivity index (χ1n) is 24.9. The molecule has 60 heavy (non-hydrogen) atoms. The molecule has 9 fully saturated rings. The van der Waals surface area contributed by atoms with E-state index in [0.717, 1.165) is 52.5 Å². The predicted molar refractivity (Wildman–Crippen MR) is 228 cm³/mol. The number of carbonyl (C=O) groups is 2. The number of esters is 2. The molecule has 0 radical (unpaired) electrons. The molecule has 0 spiro atoms. The summed E-state index contributed by atoms with van der Waals surface area (Å²) in [5, 5.41) is 0. The number of unbranched alkanes of at least 4 members (excludes halogenated alkanes) is 18. The van der Waals surface area contributed by atoms with Crippen LogP contribution in [0, 0.1) is 11.8 Å². The molecular formula is C48H84O12. The average Bonchev–Trinajstić information content (AvgIpc) is 4.04. The Labute approximate surface area is 362 Å². The molecule has 1 aliphatic carbocycles. The maximum atomic E-state index is 11.9. The summed E-state index contributed by atoms with van der Waals surface area (Å²) in [6.45, 7) is 11.3. The largest absolute Gasteiger partial charge is 0.433 e. The zero-order valence-electron chi connectivity index (χ0n) is 37.7. The second-order valence-electron chi connectivity index (χ2n) is 18.2. The molecule has 0 amide bonds. The van der Waals surface area contributed by atoms with Crippen LogP contribution in [0.1, 0.15) is 181 Å². The Morgan fingerprint density at radius 3 is 0.883 bits per heavy atom. The molecule has 9 rings (SSSR count). The Kier molecular flexibility index (Phi) is 24.7. The lowest BCUT2D eigenvalue weighted by Gasteiger charge is -2.27.